The molecule has 0 amide bonds. The van der Waals surface area contributed by atoms with Crippen LogP contribution in [0.15, 0.2) is 35.6 Å². The van der Waals surface area contributed by atoms with E-state index in [1.54, 1.807) is 13.4 Å². The van der Waals surface area contributed by atoms with Gasteiger partial charge in [-0.15, -0.1) is 34.2 Å². The number of aryl methyl sites for hydroxylation is 1. The topological polar surface area (TPSA) is 67.6 Å². The lowest BCUT2D eigenvalue weighted by atomic mass is 10.00. The van der Waals surface area contributed by atoms with Crippen LogP contribution in [0.2, 0.25) is 0 Å². The van der Waals surface area contributed by atoms with Gasteiger partial charge in [0, 0.05) is 32.6 Å². The van der Waals surface area contributed by atoms with Gasteiger partial charge in [0.15, 0.2) is 5.96 Å². The van der Waals surface area contributed by atoms with Crippen molar-refractivity contribution in [1.82, 2.24) is 25.0 Å². The van der Waals surface area contributed by atoms with E-state index < -0.39 is 0 Å². The van der Waals surface area contributed by atoms with Crippen molar-refractivity contribution < 1.29 is 4.74 Å². The molecule has 0 spiro atoms. The Hall–Kier alpha value is -1.84. The highest BCUT2D eigenvalue weighted by molar-refractivity contribution is 14.0. The SMILES string of the molecule is CCc1nncn1CCNC(=NCc1ccc(OC)cc1)N1CCC(C)CC1.I. The zero-order valence-corrected chi connectivity index (χ0v) is 20.0. The summed E-state index contributed by atoms with van der Waals surface area (Å²) in [5.41, 5.74) is 1.18. The summed E-state index contributed by atoms with van der Waals surface area (Å²) in [6.07, 6.45) is 5.13. The lowest BCUT2D eigenvalue weighted by Gasteiger charge is -2.33. The fraction of sp³-hybridized carbons (Fsp3) is 0.571. The fourth-order valence-electron chi connectivity index (χ4n) is 3.41. The molecule has 1 N–H and O–H groups in total. The number of hydrogen-bond donors (Lipinski definition) is 1. The van der Waals surface area contributed by atoms with E-state index in [0.29, 0.717) is 6.54 Å². The van der Waals surface area contributed by atoms with Crippen LogP contribution in [0.1, 0.15) is 38.1 Å². The molecule has 1 aliphatic rings. The first-order chi connectivity index (χ1) is 13.7. The molecule has 2 aromatic rings. The van der Waals surface area contributed by atoms with Gasteiger partial charge in [0.2, 0.25) is 0 Å². The Morgan fingerprint density at radius 2 is 1.97 bits per heavy atom. The molecule has 1 aromatic heterocycles. The molecule has 0 radical (unpaired) electrons. The smallest absolute Gasteiger partial charge is 0.194 e. The van der Waals surface area contributed by atoms with Crippen LogP contribution in [0.3, 0.4) is 0 Å². The number of nitrogens with zero attached hydrogens (tertiary/aromatic N) is 5. The van der Waals surface area contributed by atoms with Crippen molar-refractivity contribution in [2.75, 3.05) is 26.7 Å². The Labute approximate surface area is 191 Å². The number of benzene rings is 1. The standard InChI is InChI=1S/C21H32N6O.HI/c1-4-20-25-24-16-27(20)14-11-22-21(26-12-9-17(2)10-13-26)23-15-18-5-7-19(28-3)8-6-18;/h5-8,16-17H,4,9-15H2,1-3H3,(H,22,23);1H. The van der Waals surface area contributed by atoms with E-state index >= 15 is 0 Å². The maximum absolute atomic E-state index is 5.24. The summed E-state index contributed by atoms with van der Waals surface area (Å²) in [6, 6.07) is 8.11. The molecule has 0 unspecified atom stereocenters. The highest BCUT2D eigenvalue weighted by atomic mass is 127. The molecule has 3 rings (SSSR count). The summed E-state index contributed by atoms with van der Waals surface area (Å²) in [5, 5.41) is 11.7. The molecular weight excluding hydrogens is 479 g/mol. The number of ether oxygens (including phenoxy) is 1. The zero-order valence-electron chi connectivity index (χ0n) is 17.7. The quantitative estimate of drug-likeness (QED) is 0.350. The molecular formula is C21H33IN6O. The van der Waals surface area contributed by atoms with Gasteiger partial charge in [-0.2, -0.15) is 0 Å². The lowest BCUT2D eigenvalue weighted by molar-refractivity contribution is 0.272. The van der Waals surface area contributed by atoms with Gasteiger partial charge >= 0.3 is 0 Å². The van der Waals surface area contributed by atoms with Crippen molar-refractivity contribution in [1.29, 1.82) is 0 Å². The second kappa shape index (κ2) is 12.0. The molecule has 1 fully saturated rings. The summed E-state index contributed by atoms with van der Waals surface area (Å²) in [7, 11) is 1.69. The Kier molecular flexibility index (Phi) is 9.69. The van der Waals surface area contributed by atoms with Crippen molar-refractivity contribution in [3.05, 3.63) is 42.0 Å². The second-order valence-electron chi connectivity index (χ2n) is 7.38. The maximum Gasteiger partial charge on any atom is 0.194 e. The predicted octanol–water partition coefficient (Wildman–Crippen LogP) is 3.34. The lowest BCUT2D eigenvalue weighted by Crippen LogP contribution is -2.46. The first-order valence-electron chi connectivity index (χ1n) is 10.2. The highest BCUT2D eigenvalue weighted by Crippen LogP contribution is 2.17. The van der Waals surface area contributed by atoms with Crippen molar-refractivity contribution in [3.8, 4) is 5.75 Å². The van der Waals surface area contributed by atoms with E-state index in [4.69, 9.17) is 9.73 Å². The molecule has 1 aromatic carbocycles. The third-order valence-corrected chi connectivity index (χ3v) is 5.30. The van der Waals surface area contributed by atoms with Gasteiger partial charge in [0.25, 0.3) is 0 Å². The van der Waals surface area contributed by atoms with Crippen molar-refractivity contribution in [2.45, 2.75) is 46.2 Å². The first-order valence-corrected chi connectivity index (χ1v) is 10.2. The van der Waals surface area contributed by atoms with Gasteiger partial charge in [-0.1, -0.05) is 26.0 Å². The van der Waals surface area contributed by atoms with Crippen LogP contribution in [0, 0.1) is 5.92 Å². The molecule has 8 heteroatoms. The van der Waals surface area contributed by atoms with Crippen molar-refractivity contribution in [2.24, 2.45) is 10.9 Å². The van der Waals surface area contributed by atoms with Gasteiger partial charge in [-0.3, -0.25) is 0 Å². The third-order valence-electron chi connectivity index (χ3n) is 5.30. The van der Waals surface area contributed by atoms with E-state index in [-0.39, 0.29) is 24.0 Å². The number of likely N-dealkylation sites (tertiary alicyclic amines) is 1. The summed E-state index contributed by atoms with van der Waals surface area (Å²) < 4.78 is 7.34. The van der Waals surface area contributed by atoms with Crippen molar-refractivity contribution in [3.63, 3.8) is 0 Å². The van der Waals surface area contributed by atoms with E-state index in [1.807, 2.05) is 12.1 Å². The average molecular weight is 512 g/mol. The molecule has 1 saturated heterocycles. The molecule has 160 valence electrons. The number of guanidine groups is 1. The largest absolute Gasteiger partial charge is 0.497 e. The second-order valence-corrected chi connectivity index (χ2v) is 7.38. The Bertz CT molecular complexity index is 753. The Morgan fingerprint density at radius 3 is 2.62 bits per heavy atom. The number of nitrogens with one attached hydrogen (secondary N) is 1. The number of aromatic nitrogens is 3. The minimum Gasteiger partial charge on any atom is -0.497 e. The van der Waals surface area contributed by atoms with E-state index in [2.05, 4.69) is 51.0 Å². The number of halogens is 1. The number of piperidine rings is 1. The molecule has 29 heavy (non-hydrogen) atoms. The summed E-state index contributed by atoms with van der Waals surface area (Å²) in [4.78, 5) is 7.30. The average Bonchev–Trinajstić information content (AvgIpc) is 3.19. The third kappa shape index (κ3) is 6.87. The Morgan fingerprint density at radius 1 is 1.24 bits per heavy atom. The maximum atomic E-state index is 5.24. The number of aliphatic imine (C=N–C) groups is 1. The Balaban J connectivity index is 0.00000300. The van der Waals surface area contributed by atoms with Crippen LogP contribution >= 0.6 is 24.0 Å². The molecule has 2 heterocycles. The van der Waals surface area contributed by atoms with Crippen molar-refractivity contribution >= 4 is 29.9 Å². The molecule has 0 atom stereocenters. The van der Waals surface area contributed by atoms with Crippen LogP contribution in [0.4, 0.5) is 0 Å². The van der Waals surface area contributed by atoms with Gasteiger partial charge < -0.3 is 19.5 Å². The van der Waals surface area contributed by atoms with Gasteiger partial charge in [-0.25, -0.2) is 4.99 Å². The minimum absolute atomic E-state index is 0. The van der Waals surface area contributed by atoms with E-state index in [0.717, 1.165) is 56.1 Å². The van der Waals surface area contributed by atoms with E-state index in [1.165, 1.54) is 18.4 Å². The monoisotopic (exact) mass is 512 g/mol. The number of rotatable bonds is 7. The summed E-state index contributed by atoms with van der Waals surface area (Å²) in [6.45, 7) is 8.85. The normalized spacial score (nSPS) is 15.1. The predicted molar refractivity (Wildman–Crippen MR) is 127 cm³/mol. The van der Waals surface area contributed by atoms with Gasteiger partial charge in [0.1, 0.15) is 17.9 Å². The molecule has 0 aliphatic carbocycles. The molecule has 0 bridgehead atoms. The van der Waals surface area contributed by atoms with Crippen LogP contribution < -0.4 is 10.1 Å². The van der Waals surface area contributed by atoms with Gasteiger partial charge in [-0.05, 0) is 36.5 Å². The number of methoxy groups -OCH3 is 1. The summed E-state index contributed by atoms with van der Waals surface area (Å²) >= 11 is 0. The van der Waals surface area contributed by atoms with E-state index in [9.17, 15) is 0 Å². The zero-order chi connectivity index (χ0) is 19.8. The van der Waals surface area contributed by atoms with Gasteiger partial charge in [0.05, 0.1) is 13.7 Å². The minimum atomic E-state index is 0. The first kappa shape index (κ1) is 23.4. The van der Waals surface area contributed by atoms with Crippen LogP contribution in [0.25, 0.3) is 0 Å². The summed E-state index contributed by atoms with van der Waals surface area (Å²) in [5.74, 6) is 3.68. The van der Waals surface area contributed by atoms with Crippen LogP contribution in [-0.4, -0.2) is 52.4 Å². The molecule has 0 saturated carbocycles. The van der Waals surface area contributed by atoms with Crippen LogP contribution in [-0.2, 0) is 19.5 Å². The fourth-order valence-corrected chi connectivity index (χ4v) is 3.41. The highest BCUT2D eigenvalue weighted by Gasteiger charge is 2.18. The van der Waals surface area contributed by atoms with Crippen LogP contribution in [0.5, 0.6) is 5.75 Å². The number of hydrogen-bond acceptors (Lipinski definition) is 4. The molecule has 1 aliphatic heterocycles. The molecule has 7 nitrogen and oxygen atoms in total.